The van der Waals surface area contributed by atoms with Crippen LogP contribution in [0.5, 0.6) is 0 Å². The van der Waals surface area contributed by atoms with Gasteiger partial charge in [-0.05, 0) is 24.3 Å². The Morgan fingerprint density at radius 2 is 2.17 bits per heavy atom. The lowest BCUT2D eigenvalue weighted by atomic mass is 10.3. The fourth-order valence-corrected chi connectivity index (χ4v) is 4.84. The van der Waals surface area contributed by atoms with Gasteiger partial charge in [-0.2, -0.15) is 0 Å². The first-order chi connectivity index (χ1) is 8.45. The third-order valence-corrected chi connectivity index (χ3v) is 6.35. The predicted molar refractivity (Wildman–Crippen MR) is 74.9 cm³/mol. The summed E-state index contributed by atoms with van der Waals surface area (Å²) >= 11 is 7.18. The van der Waals surface area contributed by atoms with Crippen LogP contribution in [0.15, 0.2) is 10.3 Å². The van der Waals surface area contributed by atoms with E-state index in [2.05, 4.69) is 0 Å². The van der Waals surface area contributed by atoms with Crippen molar-refractivity contribution in [3.05, 3.63) is 15.8 Å². The van der Waals surface area contributed by atoms with Gasteiger partial charge in [-0.3, -0.25) is 0 Å². The molecule has 7 heteroatoms. The third kappa shape index (κ3) is 3.45. The summed E-state index contributed by atoms with van der Waals surface area (Å²) in [6.45, 7) is 2.78. The van der Waals surface area contributed by atoms with E-state index in [1.54, 1.807) is 21.1 Å². The van der Waals surface area contributed by atoms with Crippen LogP contribution in [0.3, 0.4) is 0 Å². The Morgan fingerprint density at radius 1 is 1.50 bits per heavy atom. The van der Waals surface area contributed by atoms with Crippen LogP contribution in [0, 0.1) is 6.92 Å². The van der Waals surface area contributed by atoms with Crippen LogP contribution in [0.25, 0.3) is 0 Å². The minimum Gasteiger partial charge on any atom is -0.385 e. The van der Waals surface area contributed by atoms with Gasteiger partial charge in [0.05, 0.1) is 5.88 Å². The van der Waals surface area contributed by atoms with E-state index in [4.69, 9.17) is 16.3 Å². The smallest absolute Gasteiger partial charge is 0.244 e. The molecule has 0 saturated heterocycles. The first-order valence-corrected chi connectivity index (χ1v) is 8.38. The summed E-state index contributed by atoms with van der Waals surface area (Å²) in [7, 11) is -0.262. The zero-order valence-electron chi connectivity index (χ0n) is 10.8. The molecule has 0 N–H and O–H groups in total. The number of thiophene rings is 1. The van der Waals surface area contributed by atoms with Crippen LogP contribution in [0.4, 0.5) is 0 Å². The number of hydrogen-bond donors (Lipinski definition) is 0. The van der Waals surface area contributed by atoms with Gasteiger partial charge in [-0.25, -0.2) is 12.7 Å². The molecule has 1 heterocycles. The topological polar surface area (TPSA) is 46.6 Å². The summed E-state index contributed by atoms with van der Waals surface area (Å²) in [5, 5.41) is 1.83. The molecule has 0 aliphatic rings. The van der Waals surface area contributed by atoms with Gasteiger partial charge < -0.3 is 4.74 Å². The van der Waals surface area contributed by atoms with E-state index >= 15 is 0 Å². The highest BCUT2D eigenvalue weighted by molar-refractivity contribution is 7.89. The Morgan fingerprint density at radius 3 is 2.72 bits per heavy atom. The number of methoxy groups -OCH3 is 1. The molecule has 1 aromatic heterocycles. The molecule has 0 unspecified atom stereocenters. The lowest BCUT2D eigenvalue weighted by molar-refractivity contribution is 0.189. The monoisotopic (exact) mass is 311 g/mol. The van der Waals surface area contributed by atoms with E-state index < -0.39 is 10.0 Å². The standard InChI is InChI=1S/C11H18ClNO3S2/c1-9-8-17-10(7-12)11(9)18(14,15)13(2)5-4-6-16-3/h8H,4-7H2,1-3H3. The number of sulfonamides is 1. The quantitative estimate of drug-likeness (QED) is 0.574. The lowest BCUT2D eigenvalue weighted by Gasteiger charge is -2.17. The van der Waals surface area contributed by atoms with Gasteiger partial charge in [-0.15, -0.1) is 22.9 Å². The first-order valence-electron chi connectivity index (χ1n) is 5.53. The van der Waals surface area contributed by atoms with E-state index in [1.807, 2.05) is 5.38 Å². The third-order valence-electron chi connectivity index (χ3n) is 2.60. The molecule has 0 spiro atoms. The molecule has 0 aliphatic carbocycles. The molecule has 0 saturated carbocycles. The molecule has 0 amide bonds. The summed E-state index contributed by atoms with van der Waals surface area (Å²) in [5.41, 5.74) is 0.759. The second-order valence-corrected chi connectivity index (χ2v) is 7.19. The van der Waals surface area contributed by atoms with Crippen molar-refractivity contribution in [1.29, 1.82) is 0 Å². The van der Waals surface area contributed by atoms with Crippen molar-refractivity contribution in [1.82, 2.24) is 4.31 Å². The van der Waals surface area contributed by atoms with E-state index in [0.29, 0.717) is 29.3 Å². The Bertz CT molecular complexity index is 484. The minimum atomic E-state index is -3.45. The second kappa shape index (κ2) is 6.86. The molecular formula is C11H18ClNO3S2. The van der Waals surface area contributed by atoms with E-state index in [0.717, 1.165) is 5.56 Å². The molecule has 0 atom stereocenters. The summed E-state index contributed by atoms with van der Waals surface area (Å²) in [5.74, 6) is 0.221. The van der Waals surface area contributed by atoms with E-state index in [-0.39, 0.29) is 5.88 Å². The van der Waals surface area contributed by atoms with E-state index in [1.165, 1.54) is 15.6 Å². The molecule has 0 aliphatic heterocycles. The number of nitrogens with zero attached hydrogens (tertiary/aromatic N) is 1. The Balaban J connectivity index is 2.94. The second-order valence-electron chi connectivity index (χ2n) is 3.98. The highest BCUT2D eigenvalue weighted by Gasteiger charge is 2.26. The highest BCUT2D eigenvalue weighted by atomic mass is 35.5. The SMILES string of the molecule is COCCCN(C)S(=O)(=O)c1c(C)csc1CCl. The average molecular weight is 312 g/mol. The Hall–Kier alpha value is -0.140. The van der Waals surface area contributed by atoms with Crippen LogP contribution < -0.4 is 0 Å². The fraction of sp³-hybridized carbons (Fsp3) is 0.636. The van der Waals surface area contributed by atoms with Gasteiger partial charge in [0.2, 0.25) is 10.0 Å². The maximum Gasteiger partial charge on any atom is 0.244 e. The molecule has 1 aromatic rings. The Labute approximate surface area is 118 Å². The van der Waals surface area contributed by atoms with Gasteiger partial charge in [0, 0.05) is 32.2 Å². The number of alkyl halides is 1. The van der Waals surface area contributed by atoms with Gasteiger partial charge in [0.15, 0.2) is 0 Å². The van der Waals surface area contributed by atoms with Crippen LogP contribution in [0.2, 0.25) is 0 Å². The first kappa shape index (κ1) is 15.9. The maximum absolute atomic E-state index is 12.4. The number of hydrogen-bond acceptors (Lipinski definition) is 4. The molecule has 1 rings (SSSR count). The maximum atomic E-state index is 12.4. The average Bonchev–Trinajstić information content (AvgIpc) is 2.71. The van der Waals surface area contributed by atoms with Crippen LogP contribution in [-0.4, -0.2) is 40.0 Å². The van der Waals surface area contributed by atoms with Gasteiger partial charge >= 0.3 is 0 Å². The van der Waals surface area contributed by atoms with Crippen molar-refractivity contribution in [3.63, 3.8) is 0 Å². The van der Waals surface area contributed by atoms with Crippen molar-refractivity contribution < 1.29 is 13.2 Å². The Kier molecular flexibility index (Phi) is 6.07. The molecule has 4 nitrogen and oxygen atoms in total. The van der Waals surface area contributed by atoms with Crippen molar-refractivity contribution in [2.75, 3.05) is 27.3 Å². The van der Waals surface area contributed by atoms with E-state index in [9.17, 15) is 8.42 Å². The highest BCUT2D eigenvalue weighted by Crippen LogP contribution is 2.30. The molecule has 0 radical (unpaired) electrons. The molecule has 18 heavy (non-hydrogen) atoms. The summed E-state index contributed by atoms with van der Waals surface area (Å²) in [6.07, 6.45) is 0.672. The van der Waals surface area contributed by atoms with Gasteiger partial charge in [0.25, 0.3) is 0 Å². The number of rotatable bonds is 7. The lowest BCUT2D eigenvalue weighted by Crippen LogP contribution is -2.29. The van der Waals surface area contributed by atoms with Crippen molar-refractivity contribution in [2.24, 2.45) is 0 Å². The number of ether oxygens (including phenoxy) is 1. The van der Waals surface area contributed by atoms with Crippen molar-refractivity contribution in [3.8, 4) is 0 Å². The largest absolute Gasteiger partial charge is 0.385 e. The summed E-state index contributed by atoms with van der Waals surface area (Å²) < 4.78 is 31.1. The molecule has 0 bridgehead atoms. The minimum absolute atomic E-state index is 0.221. The molecule has 0 aromatic carbocycles. The fourth-order valence-electron chi connectivity index (χ4n) is 1.63. The zero-order valence-corrected chi connectivity index (χ0v) is 13.2. The number of halogens is 1. The van der Waals surface area contributed by atoms with Crippen molar-refractivity contribution in [2.45, 2.75) is 24.1 Å². The summed E-state index contributed by atoms with van der Waals surface area (Å²) in [4.78, 5) is 1.06. The van der Waals surface area contributed by atoms with Crippen LogP contribution in [0.1, 0.15) is 16.9 Å². The van der Waals surface area contributed by atoms with Gasteiger partial charge in [0.1, 0.15) is 4.90 Å². The molecular weight excluding hydrogens is 294 g/mol. The molecule has 104 valence electrons. The normalized spacial score (nSPS) is 12.3. The van der Waals surface area contributed by atoms with Crippen molar-refractivity contribution >= 4 is 33.0 Å². The van der Waals surface area contributed by atoms with Crippen LogP contribution in [-0.2, 0) is 20.6 Å². The van der Waals surface area contributed by atoms with Crippen LogP contribution >= 0.6 is 22.9 Å². The summed E-state index contributed by atoms with van der Waals surface area (Å²) in [6, 6.07) is 0. The molecule has 0 fully saturated rings. The number of aryl methyl sites for hydroxylation is 1. The zero-order chi connectivity index (χ0) is 13.8. The predicted octanol–water partition coefficient (Wildman–Crippen LogP) is 2.45. The van der Waals surface area contributed by atoms with Gasteiger partial charge in [-0.1, -0.05) is 0 Å².